The summed E-state index contributed by atoms with van der Waals surface area (Å²) in [6.45, 7) is 6.06. The normalized spacial score (nSPS) is 10.8. The third kappa shape index (κ3) is 4.37. The van der Waals surface area contributed by atoms with Gasteiger partial charge in [0.15, 0.2) is 0 Å². The minimum absolute atomic E-state index is 0.106. The molecule has 1 amide bonds. The summed E-state index contributed by atoms with van der Waals surface area (Å²) < 4.78 is 2.68. The molecule has 2 aromatic heterocycles. The van der Waals surface area contributed by atoms with Crippen molar-refractivity contribution in [2.75, 3.05) is 6.54 Å². The molecule has 0 saturated heterocycles. The number of rotatable bonds is 6. The van der Waals surface area contributed by atoms with Crippen molar-refractivity contribution in [3.05, 3.63) is 56.9 Å². The first kappa shape index (κ1) is 17.6. The van der Waals surface area contributed by atoms with Gasteiger partial charge in [-0.2, -0.15) is 0 Å². The molecule has 8 heteroatoms. The summed E-state index contributed by atoms with van der Waals surface area (Å²) in [4.78, 5) is 43.8. The zero-order valence-corrected chi connectivity index (χ0v) is 14.0. The average Bonchev–Trinajstić information content (AvgIpc) is 2.53. The van der Waals surface area contributed by atoms with Crippen molar-refractivity contribution in [1.82, 2.24) is 24.4 Å². The quantitative estimate of drug-likeness (QED) is 0.806. The summed E-state index contributed by atoms with van der Waals surface area (Å²) >= 11 is 0. The molecule has 128 valence electrons. The first-order chi connectivity index (χ1) is 11.4. The average molecular weight is 331 g/mol. The van der Waals surface area contributed by atoms with Crippen LogP contribution in [0.4, 0.5) is 0 Å². The summed E-state index contributed by atoms with van der Waals surface area (Å²) in [5.41, 5.74) is 0.849. The lowest BCUT2D eigenvalue weighted by Gasteiger charge is -2.10. The van der Waals surface area contributed by atoms with E-state index in [0.29, 0.717) is 17.8 Å². The van der Waals surface area contributed by atoms with Crippen LogP contribution in [-0.2, 0) is 17.9 Å². The molecular weight excluding hydrogens is 310 g/mol. The Balaban J connectivity index is 1.91. The van der Waals surface area contributed by atoms with Gasteiger partial charge in [-0.25, -0.2) is 9.97 Å². The van der Waals surface area contributed by atoms with Gasteiger partial charge in [0.05, 0.1) is 18.3 Å². The number of nitrogens with zero attached hydrogens (tertiary/aromatic N) is 4. The van der Waals surface area contributed by atoms with Crippen LogP contribution < -0.4 is 16.4 Å². The number of nitrogens with one attached hydrogen (secondary N) is 1. The first-order valence-electron chi connectivity index (χ1n) is 7.72. The Bertz CT molecular complexity index is 838. The van der Waals surface area contributed by atoms with Crippen LogP contribution in [0.1, 0.15) is 31.0 Å². The molecule has 2 aromatic rings. The number of aryl methyl sites for hydroxylation is 1. The predicted octanol–water partition coefficient (Wildman–Crippen LogP) is 0.0482. The van der Waals surface area contributed by atoms with Crippen LogP contribution in [0.15, 0.2) is 34.5 Å². The van der Waals surface area contributed by atoms with Gasteiger partial charge in [0.25, 0.3) is 11.1 Å². The summed E-state index contributed by atoms with van der Waals surface area (Å²) in [6, 6.07) is 1.44. The fourth-order valence-corrected chi connectivity index (χ4v) is 2.12. The number of hydrogen-bond donors (Lipinski definition) is 1. The molecule has 0 saturated carbocycles. The van der Waals surface area contributed by atoms with E-state index in [2.05, 4.69) is 15.3 Å². The van der Waals surface area contributed by atoms with Crippen molar-refractivity contribution in [1.29, 1.82) is 0 Å². The number of hydrogen-bond acceptors (Lipinski definition) is 5. The molecule has 0 aliphatic rings. The zero-order chi connectivity index (χ0) is 17.7. The largest absolute Gasteiger partial charge is 0.353 e. The topological polar surface area (TPSA) is 98.9 Å². The highest BCUT2D eigenvalue weighted by Crippen LogP contribution is 2.06. The molecule has 0 aliphatic heterocycles. The van der Waals surface area contributed by atoms with Crippen molar-refractivity contribution in [2.24, 2.45) is 0 Å². The molecule has 2 rings (SSSR count). The fraction of sp³-hybridized carbons (Fsp3) is 0.438. The zero-order valence-electron chi connectivity index (χ0n) is 14.0. The van der Waals surface area contributed by atoms with Crippen LogP contribution in [0, 0.1) is 6.92 Å². The summed E-state index contributed by atoms with van der Waals surface area (Å²) in [5.74, 6) is -0.160. The Labute approximate surface area is 139 Å². The van der Waals surface area contributed by atoms with Crippen LogP contribution >= 0.6 is 0 Å². The molecule has 0 bridgehead atoms. The van der Waals surface area contributed by atoms with Crippen molar-refractivity contribution in [3.8, 4) is 0 Å². The standard InChI is InChI=1S/C16H21N5O3/c1-11(2)13-6-15(23)21(10-19-13)8-14(22)18-4-5-20-9-17-7-12(3)16(20)24/h6-7,9-11H,4-5,8H2,1-3H3,(H,18,22). The highest BCUT2D eigenvalue weighted by Gasteiger charge is 2.08. The second-order valence-electron chi connectivity index (χ2n) is 5.86. The van der Waals surface area contributed by atoms with Crippen LogP contribution in [-0.4, -0.2) is 31.6 Å². The Morgan fingerprint density at radius 2 is 2.00 bits per heavy atom. The number of aromatic nitrogens is 4. The molecule has 0 atom stereocenters. The summed E-state index contributed by atoms with van der Waals surface area (Å²) in [6.07, 6.45) is 4.31. The highest BCUT2D eigenvalue weighted by molar-refractivity contribution is 5.75. The SMILES string of the molecule is Cc1cncn(CCNC(=O)Cn2cnc(C(C)C)cc2=O)c1=O. The van der Waals surface area contributed by atoms with E-state index < -0.39 is 0 Å². The highest BCUT2D eigenvalue weighted by atomic mass is 16.2. The van der Waals surface area contributed by atoms with E-state index in [0.717, 1.165) is 0 Å². The second kappa shape index (κ2) is 7.67. The van der Waals surface area contributed by atoms with Gasteiger partial charge >= 0.3 is 0 Å². The van der Waals surface area contributed by atoms with Crippen LogP contribution in [0.25, 0.3) is 0 Å². The Hall–Kier alpha value is -2.77. The Morgan fingerprint density at radius 3 is 2.67 bits per heavy atom. The molecule has 0 spiro atoms. The first-order valence-corrected chi connectivity index (χ1v) is 7.72. The molecule has 0 fully saturated rings. The van der Waals surface area contributed by atoms with Crippen molar-refractivity contribution in [3.63, 3.8) is 0 Å². The maximum absolute atomic E-state index is 11.9. The van der Waals surface area contributed by atoms with Crippen LogP contribution in [0.5, 0.6) is 0 Å². The third-order valence-electron chi connectivity index (χ3n) is 3.55. The maximum atomic E-state index is 11.9. The van der Waals surface area contributed by atoms with E-state index >= 15 is 0 Å². The van der Waals surface area contributed by atoms with Gasteiger partial charge in [-0.15, -0.1) is 0 Å². The Morgan fingerprint density at radius 1 is 1.25 bits per heavy atom. The van der Waals surface area contributed by atoms with E-state index in [1.54, 1.807) is 6.92 Å². The van der Waals surface area contributed by atoms with E-state index in [9.17, 15) is 14.4 Å². The van der Waals surface area contributed by atoms with Gasteiger partial charge in [0, 0.05) is 30.9 Å². The minimum Gasteiger partial charge on any atom is -0.353 e. The van der Waals surface area contributed by atoms with Crippen molar-refractivity contribution < 1.29 is 4.79 Å². The minimum atomic E-state index is -0.315. The lowest BCUT2D eigenvalue weighted by molar-refractivity contribution is -0.121. The Kier molecular flexibility index (Phi) is 5.62. The molecule has 0 aromatic carbocycles. The van der Waals surface area contributed by atoms with Crippen molar-refractivity contribution >= 4 is 5.91 Å². The van der Waals surface area contributed by atoms with Gasteiger partial charge < -0.3 is 5.32 Å². The molecule has 2 heterocycles. The van der Waals surface area contributed by atoms with Crippen molar-refractivity contribution in [2.45, 2.75) is 39.8 Å². The lowest BCUT2D eigenvalue weighted by Crippen LogP contribution is -2.35. The van der Waals surface area contributed by atoms with Gasteiger partial charge in [-0.1, -0.05) is 13.8 Å². The maximum Gasteiger partial charge on any atom is 0.256 e. The molecule has 0 radical (unpaired) electrons. The van der Waals surface area contributed by atoms with Crippen LogP contribution in [0.3, 0.4) is 0 Å². The summed E-state index contributed by atoms with van der Waals surface area (Å²) in [7, 11) is 0. The molecule has 1 N–H and O–H groups in total. The fourth-order valence-electron chi connectivity index (χ4n) is 2.12. The van der Waals surface area contributed by atoms with E-state index in [4.69, 9.17) is 0 Å². The molecular formula is C16H21N5O3. The lowest BCUT2D eigenvalue weighted by atomic mass is 10.1. The molecule has 0 unspecified atom stereocenters. The van der Waals surface area contributed by atoms with E-state index in [-0.39, 0.29) is 36.0 Å². The van der Waals surface area contributed by atoms with E-state index in [1.807, 2.05) is 13.8 Å². The molecule has 0 aliphatic carbocycles. The summed E-state index contributed by atoms with van der Waals surface area (Å²) in [5, 5.41) is 2.68. The molecule has 24 heavy (non-hydrogen) atoms. The van der Waals surface area contributed by atoms with Crippen LogP contribution in [0.2, 0.25) is 0 Å². The van der Waals surface area contributed by atoms with Gasteiger partial charge in [0.2, 0.25) is 5.91 Å². The van der Waals surface area contributed by atoms with Gasteiger partial charge in [0.1, 0.15) is 6.54 Å². The second-order valence-corrected chi connectivity index (χ2v) is 5.86. The number of amides is 1. The predicted molar refractivity (Wildman–Crippen MR) is 88.8 cm³/mol. The monoisotopic (exact) mass is 331 g/mol. The van der Waals surface area contributed by atoms with E-state index in [1.165, 1.54) is 34.1 Å². The number of carbonyl (C=O) groups is 1. The molecule has 8 nitrogen and oxygen atoms in total. The van der Waals surface area contributed by atoms with Gasteiger partial charge in [-0.05, 0) is 12.8 Å². The number of carbonyl (C=O) groups excluding carboxylic acids is 1. The third-order valence-corrected chi connectivity index (χ3v) is 3.55. The smallest absolute Gasteiger partial charge is 0.256 e. The van der Waals surface area contributed by atoms with Gasteiger partial charge in [-0.3, -0.25) is 23.5 Å².